The number of aromatic nitrogens is 2. The minimum Gasteiger partial charge on any atom is -0.353 e. The number of benzene rings is 1. The van der Waals surface area contributed by atoms with E-state index in [0.29, 0.717) is 43.4 Å². The van der Waals surface area contributed by atoms with Gasteiger partial charge in [0.25, 0.3) is 5.91 Å². The smallest absolute Gasteiger partial charge is 0.270 e. The average Bonchev–Trinajstić information content (AvgIpc) is 2.66. The van der Waals surface area contributed by atoms with E-state index in [-0.39, 0.29) is 29.9 Å². The largest absolute Gasteiger partial charge is 0.353 e. The number of nitrogens with zero attached hydrogens (tertiary/aromatic N) is 4. The number of aryl methyl sites for hydroxylation is 1. The van der Waals surface area contributed by atoms with Gasteiger partial charge in [-0.05, 0) is 13.0 Å². The lowest BCUT2D eigenvalue weighted by atomic mass is 10.2. The molecule has 1 aromatic heterocycles. The Balaban J connectivity index is 1.69. The van der Waals surface area contributed by atoms with Gasteiger partial charge in [0, 0.05) is 51.3 Å². The molecule has 8 heteroatoms. The zero-order valence-corrected chi connectivity index (χ0v) is 15.4. The second-order valence-corrected chi connectivity index (χ2v) is 6.43. The molecular weight excluding hydrogens is 349 g/mol. The molecule has 0 unspecified atom stereocenters. The minimum absolute atomic E-state index is 0.0572. The summed E-state index contributed by atoms with van der Waals surface area (Å²) in [5.41, 5.74) is 0.653. The molecular formula is C19H22FN5O2. The number of hydrogen-bond acceptors (Lipinski definition) is 5. The number of anilines is 1. The summed E-state index contributed by atoms with van der Waals surface area (Å²) in [6.45, 7) is 5.89. The molecule has 1 N–H and O–H groups in total. The lowest BCUT2D eigenvalue weighted by molar-refractivity contribution is -0.129. The molecule has 1 saturated heterocycles. The first-order valence-corrected chi connectivity index (χ1v) is 8.82. The molecule has 2 aromatic rings. The summed E-state index contributed by atoms with van der Waals surface area (Å²) in [6, 6.07) is 7.94. The van der Waals surface area contributed by atoms with Crippen molar-refractivity contribution in [3.8, 4) is 0 Å². The van der Waals surface area contributed by atoms with Crippen LogP contribution in [-0.4, -0.2) is 52.9 Å². The van der Waals surface area contributed by atoms with Gasteiger partial charge in [-0.2, -0.15) is 0 Å². The summed E-state index contributed by atoms with van der Waals surface area (Å²) in [4.78, 5) is 36.3. The molecule has 0 bridgehead atoms. The molecule has 0 radical (unpaired) electrons. The number of carbonyl (C=O) groups excluding carboxylic acids is 2. The maximum Gasteiger partial charge on any atom is 0.270 e. The van der Waals surface area contributed by atoms with E-state index in [4.69, 9.17) is 0 Å². The Morgan fingerprint density at radius 3 is 2.52 bits per heavy atom. The summed E-state index contributed by atoms with van der Waals surface area (Å²) in [5.74, 6) is 0.453. The van der Waals surface area contributed by atoms with Gasteiger partial charge in [-0.25, -0.2) is 14.4 Å². The Kier molecular flexibility index (Phi) is 5.63. The van der Waals surface area contributed by atoms with Crippen LogP contribution in [0.15, 0.2) is 30.3 Å². The fraction of sp³-hybridized carbons (Fsp3) is 0.368. The molecule has 1 aliphatic heterocycles. The quantitative estimate of drug-likeness (QED) is 0.882. The minimum atomic E-state index is -0.382. The first kappa shape index (κ1) is 18.8. The molecule has 7 nitrogen and oxygen atoms in total. The summed E-state index contributed by atoms with van der Waals surface area (Å²) >= 11 is 0. The van der Waals surface area contributed by atoms with Crippen molar-refractivity contribution in [2.24, 2.45) is 0 Å². The van der Waals surface area contributed by atoms with E-state index in [2.05, 4.69) is 15.3 Å². The first-order valence-electron chi connectivity index (χ1n) is 8.82. The van der Waals surface area contributed by atoms with E-state index in [1.165, 1.54) is 6.07 Å². The zero-order valence-electron chi connectivity index (χ0n) is 15.4. The van der Waals surface area contributed by atoms with Crippen molar-refractivity contribution in [2.75, 3.05) is 31.1 Å². The van der Waals surface area contributed by atoms with E-state index in [9.17, 15) is 14.0 Å². The van der Waals surface area contributed by atoms with Crippen LogP contribution >= 0.6 is 0 Å². The number of rotatable bonds is 4. The monoisotopic (exact) mass is 371 g/mol. The van der Waals surface area contributed by atoms with Gasteiger partial charge < -0.3 is 15.1 Å². The predicted octanol–water partition coefficient (Wildman–Crippen LogP) is 1.52. The lowest BCUT2D eigenvalue weighted by Crippen LogP contribution is -2.48. The molecule has 0 saturated carbocycles. The molecule has 0 spiro atoms. The van der Waals surface area contributed by atoms with Gasteiger partial charge in [0.2, 0.25) is 5.91 Å². The van der Waals surface area contributed by atoms with E-state index < -0.39 is 0 Å². The van der Waals surface area contributed by atoms with Crippen molar-refractivity contribution in [1.82, 2.24) is 20.2 Å². The van der Waals surface area contributed by atoms with Crippen LogP contribution < -0.4 is 10.2 Å². The summed E-state index contributed by atoms with van der Waals surface area (Å²) in [7, 11) is 0. The first-order chi connectivity index (χ1) is 12.9. The van der Waals surface area contributed by atoms with Crippen LogP contribution in [0.2, 0.25) is 0 Å². The number of halogens is 1. The third-order valence-electron chi connectivity index (χ3n) is 4.50. The molecule has 27 heavy (non-hydrogen) atoms. The number of nitrogens with one attached hydrogen (secondary N) is 1. The number of piperazine rings is 1. The normalized spacial score (nSPS) is 14.2. The van der Waals surface area contributed by atoms with Gasteiger partial charge in [0.05, 0.1) is 0 Å². The van der Waals surface area contributed by atoms with Crippen molar-refractivity contribution < 1.29 is 14.0 Å². The summed E-state index contributed by atoms with van der Waals surface area (Å²) in [6.07, 6.45) is 0. The third kappa shape index (κ3) is 4.58. The number of carbonyl (C=O) groups is 2. The SMILES string of the molecule is CC(=O)N1CCN(c2cc(C(=O)NCc3ccccc3F)nc(C)n2)CC1. The van der Waals surface area contributed by atoms with Crippen molar-refractivity contribution in [3.63, 3.8) is 0 Å². The van der Waals surface area contributed by atoms with Crippen LogP contribution in [0.5, 0.6) is 0 Å². The summed E-state index contributed by atoms with van der Waals surface area (Å²) in [5, 5.41) is 2.69. The van der Waals surface area contributed by atoms with Crippen LogP contribution in [0.25, 0.3) is 0 Å². The highest BCUT2D eigenvalue weighted by molar-refractivity contribution is 5.93. The van der Waals surface area contributed by atoms with Gasteiger partial charge in [0.1, 0.15) is 23.2 Å². The molecule has 142 valence electrons. The Hall–Kier alpha value is -3.03. The highest BCUT2D eigenvalue weighted by atomic mass is 19.1. The molecule has 0 aliphatic carbocycles. The average molecular weight is 371 g/mol. The highest BCUT2D eigenvalue weighted by Crippen LogP contribution is 2.16. The van der Waals surface area contributed by atoms with Gasteiger partial charge in [-0.15, -0.1) is 0 Å². The van der Waals surface area contributed by atoms with Crippen LogP contribution in [-0.2, 0) is 11.3 Å². The fourth-order valence-corrected chi connectivity index (χ4v) is 2.99. The van der Waals surface area contributed by atoms with Gasteiger partial charge in [-0.3, -0.25) is 9.59 Å². The molecule has 2 amide bonds. The van der Waals surface area contributed by atoms with Gasteiger partial charge >= 0.3 is 0 Å². The van der Waals surface area contributed by atoms with E-state index in [0.717, 1.165) is 0 Å². The second-order valence-electron chi connectivity index (χ2n) is 6.43. The standard InChI is InChI=1S/C19H22FN5O2/c1-13-22-17(19(27)21-12-15-5-3-4-6-16(15)20)11-18(23-13)25-9-7-24(8-10-25)14(2)26/h3-6,11H,7-10,12H2,1-2H3,(H,21,27). The van der Waals surface area contributed by atoms with Crippen molar-refractivity contribution in [2.45, 2.75) is 20.4 Å². The van der Waals surface area contributed by atoms with Crippen LogP contribution in [0.4, 0.5) is 10.2 Å². The Morgan fingerprint density at radius 1 is 1.15 bits per heavy atom. The molecule has 1 aliphatic rings. The van der Waals surface area contributed by atoms with Crippen LogP contribution in [0.1, 0.15) is 28.8 Å². The van der Waals surface area contributed by atoms with Crippen molar-refractivity contribution >= 4 is 17.6 Å². The molecule has 3 rings (SSSR count). The molecule has 2 heterocycles. The van der Waals surface area contributed by atoms with Crippen LogP contribution in [0, 0.1) is 12.7 Å². The Morgan fingerprint density at radius 2 is 1.85 bits per heavy atom. The van der Waals surface area contributed by atoms with Gasteiger partial charge in [-0.1, -0.05) is 18.2 Å². The molecule has 1 fully saturated rings. The number of amides is 2. The summed E-state index contributed by atoms with van der Waals surface area (Å²) < 4.78 is 13.7. The third-order valence-corrected chi connectivity index (χ3v) is 4.50. The molecule has 1 aromatic carbocycles. The number of hydrogen-bond donors (Lipinski definition) is 1. The maximum absolute atomic E-state index is 13.7. The van der Waals surface area contributed by atoms with Crippen molar-refractivity contribution in [3.05, 3.63) is 53.2 Å². The highest BCUT2D eigenvalue weighted by Gasteiger charge is 2.21. The maximum atomic E-state index is 13.7. The lowest BCUT2D eigenvalue weighted by Gasteiger charge is -2.35. The van der Waals surface area contributed by atoms with Crippen molar-refractivity contribution in [1.29, 1.82) is 0 Å². The predicted molar refractivity (Wildman–Crippen MR) is 98.8 cm³/mol. The van der Waals surface area contributed by atoms with Gasteiger partial charge in [0.15, 0.2) is 0 Å². The van der Waals surface area contributed by atoms with E-state index in [1.54, 1.807) is 43.0 Å². The second kappa shape index (κ2) is 8.11. The van der Waals surface area contributed by atoms with E-state index in [1.807, 2.05) is 4.90 Å². The van der Waals surface area contributed by atoms with E-state index >= 15 is 0 Å². The Labute approximate surface area is 157 Å². The Bertz CT molecular complexity index is 850. The topological polar surface area (TPSA) is 78.4 Å². The molecule has 0 atom stereocenters. The fourth-order valence-electron chi connectivity index (χ4n) is 2.99. The van der Waals surface area contributed by atoms with Crippen LogP contribution in [0.3, 0.4) is 0 Å². The zero-order chi connectivity index (χ0) is 19.4.